The number of pyridine rings is 1. The lowest BCUT2D eigenvalue weighted by Gasteiger charge is -2.00. The van der Waals surface area contributed by atoms with Gasteiger partial charge in [-0.05, 0) is 6.07 Å². The van der Waals surface area contributed by atoms with Gasteiger partial charge in [0.2, 0.25) is 0 Å². The van der Waals surface area contributed by atoms with E-state index in [1.165, 1.54) is 23.5 Å². The Morgan fingerprint density at radius 2 is 1.64 bits per heavy atom. The molecular formula is C14H4N6S2. The highest BCUT2D eigenvalue weighted by Gasteiger charge is 2.26. The molecule has 8 heteroatoms. The molecule has 0 saturated carbocycles. The highest BCUT2D eigenvalue weighted by molar-refractivity contribution is 8.24. The maximum Gasteiger partial charge on any atom is 0.178 e. The van der Waals surface area contributed by atoms with Crippen molar-refractivity contribution < 1.29 is 0 Å². The van der Waals surface area contributed by atoms with E-state index in [9.17, 15) is 5.26 Å². The molecule has 0 bridgehead atoms. The topological polar surface area (TPSA) is 110 Å². The number of nitriles is 3. The largest absolute Gasteiger partial charge is 0.264 e. The van der Waals surface area contributed by atoms with E-state index in [2.05, 4.69) is 21.0 Å². The van der Waals surface area contributed by atoms with Crippen LogP contribution in [0.15, 0.2) is 38.8 Å². The van der Waals surface area contributed by atoms with Crippen molar-refractivity contribution in [2.45, 2.75) is 10.1 Å². The Morgan fingerprint density at radius 1 is 1.00 bits per heavy atom. The fraction of sp³-hybridized carbons (Fsp3) is 0. The third-order valence-electron chi connectivity index (χ3n) is 2.69. The highest BCUT2D eigenvalue weighted by atomic mass is 32.2. The van der Waals surface area contributed by atoms with Crippen LogP contribution in [0.2, 0.25) is 0 Å². The molecule has 0 N–H and O–H groups in total. The van der Waals surface area contributed by atoms with E-state index in [1.54, 1.807) is 24.5 Å². The Hall–Kier alpha value is -2.86. The summed E-state index contributed by atoms with van der Waals surface area (Å²) in [5.74, 6) is 0. The second-order valence-corrected chi connectivity index (χ2v) is 6.23. The second-order valence-electron chi connectivity index (χ2n) is 3.97. The molecule has 3 rings (SSSR count). The molecule has 2 aromatic rings. The monoisotopic (exact) mass is 320 g/mol. The average molecular weight is 320 g/mol. The van der Waals surface area contributed by atoms with Crippen LogP contribution in [-0.2, 0) is 0 Å². The van der Waals surface area contributed by atoms with E-state index in [4.69, 9.17) is 10.5 Å². The second kappa shape index (κ2) is 5.87. The maximum atomic E-state index is 9.41. The number of thioether (sulfide) groups is 2. The van der Waals surface area contributed by atoms with Gasteiger partial charge in [-0.25, -0.2) is 9.97 Å². The Balaban J connectivity index is 2.08. The van der Waals surface area contributed by atoms with Gasteiger partial charge in [0.1, 0.15) is 28.3 Å². The van der Waals surface area contributed by atoms with Crippen molar-refractivity contribution >= 4 is 29.1 Å². The van der Waals surface area contributed by atoms with Gasteiger partial charge in [-0.2, -0.15) is 15.8 Å². The minimum Gasteiger partial charge on any atom is -0.264 e. The van der Waals surface area contributed by atoms with Crippen molar-refractivity contribution in [3.63, 3.8) is 0 Å². The molecule has 2 aromatic heterocycles. The SMILES string of the molecule is N#CC(=C1Sc2nc(C#N)c(C#N)nc2S1)c1cccnc1. The number of rotatable bonds is 1. The molecule has 0 aliphatic carbocycles. The number of nitrogens with zero attached hydrogens (tertiary/aromatic N) is 6. The fourth-order valence-corrected chi connectivity index (χ4v) is 4.04. The van der Waals surface area contributed by atoms with Crippen LogP contribution in [0.25, 0.3) is 5.57 Å². The first-order chi connectivity index (χ1) is 10.8. The molecule has 0 amide bonds. The van der Waals surface area contributed by atoms with Crippen molar-refractivity contribution in [1.29, 1.82) is 15.8 Å². The summed E-state index contributed by atoms with van der Waals surface area (Å²) in [5.41, 5.74) is 1.17. The molecule has 1 aliphatic rings. The fourth-order valence-electron chi connectivity index (χ4n) is 1.73. The summed E-state index contributed by atoms with van der Waals surface area (Å²) in [7, 11) is 0. The van der Waals surface area contributed by atoms with Gasteiger partial charge in [-0.1, -0.05) is 29.6 Å². The Kier molecular flexibility index (Phi) is 3.76. The molecule has 0 saturated heterocycles. The summed E-state index contributed by atoms with van der Waals surface area (Å²) in [6, 6.07) is 9.43. The van der Waals surface area contributed by atoms with Crippen molar-refractivity contribution in [3.05, 3.63) is 45.7 Å². The molecule has 0 spiro atoms. The van der Waals surface area contributed by atoms with Crippen LogP contribution in [0, 0.1) is 34.0 Å². The van der Waals surface area contributed by atoms with Gasteiger partial charge >= 0.3 is 0 Å². The molecule has 3 heterocycles. The van der Waals surface area contributed by atoms with Crippen LogP contribution in [0.3, 0.4) is 0 Å². The number of hydrogen-bond acceptors (Lipinski definition) is 8. The predicted octanol–water partition coefficient (Wildman–Crippen LogP) is 2.71. The first kappa shape index (κ1) is 14.1. The maximum absolute atomic E-state index is 9.41. The van der Waals surface area contributed by atoms with Gasteiger partial charge in [0.15, 0.2) is 11.4 Å². The smallest absolute Gasteiger partial charge is 0.178 e. The van der Waals surface area contributed by atoms with E-state index in [1.807, 2.05) is 12.1 Å². The molecule has 6 nitrogen and oxygen atoms in total. The average Bonchev–Trinajstić information content (AvgIpc) is 2.97. The molecule has 0 unspecified atom stereocenters. The summed E-state index contributed by atoms with van der Waals surface area (Å²) >= 11 is 2.54. The van der Waals surface area contributed by atoms with Crippen LogP contribution in [0.5, 0.6) is 0 Å². The summed E-state index contributed by atoms with van der Waals surface area (Å²) in [4.78, 5) is 12.3. The Morgan fingerprint density at radius 3 is 2.09 bits per heavy atom. The zero-order chi connectivity index (χ0) is 15.5. The molecule has 0 fully saturated rings. The molecule has 1 aliphatic heterocycles. The quantitative estimate of drug-likeness (QED) is 0.737. The summed E-state index contributed by atoms with van der Waals surface area (Å²) in [6.45, 7) is 0. The summed E-state index contributed by atoms with van der Waals surface area (Å²) in [5, 5.41) is 28.5. The van der Waals surface area contributed by atoms with E-state index < -0.39 is 0 Å². The third-order valence-corrected chi connectivity index (χ3v) is 5.05. The molecule has 102 valence electrons. The summed E-state index contributed by atoms with van der Waals surface area (Å²) in [6.07, 6.45) is 3.24. The number of hydrogen-bond donors (Lipinski definition) is 0. The van der Waals surface area contributed by atoms with E-state index in [-0.39, 0.29) is 11.4 Å². The minimum atomic E-state index is -0.00418. The molecule has 0 aromatic carbocycles. The first-order valence-electron chi connectivity index (χ1n) is 5.89. The van der Waals surface area contributed by atoms with Crippen LogP contribution < -0.4 is 0 Å². The standard InChI is InChI=1S/C14H4N6S2/c15-4-9(8-2-1-3-18-7-8)14-21-12-13(22-14)20-11(6-17)10(5-16)19-12/h1-3,7H. The van der Waals surface area contributed by atoms with E-state index >= 15 is 0 Å². The van der Waals surface area contributed by atoms with Crippen molar-refractivity contribution in [1.82, 2.24) is 15.0 Å². The lowest BCUT2D eigenvalue weighted by Crippen LogP contribution is -1.96. The van der Waals surface area contributed by atoms with Crippen molar-refractivity contribution in [2.24, 2.45) is 0 Å². The zero-order valence-electron chi connectivity index (χ0n) is 10.8. The van der Waals surface area contributed by atoms with Crippen molar-refractivity contribution in [2.75, 3.05) is 0 Å². The predicted molar refractivity (Wildman–Crippen MR) is 79.9 cm³/mol. The third kappa shape index (κ3) is 2.40. The molecule has 0 atom stereocenters. The van der Waals surface area contributed by atoms with Gasteiger partial charge in [0.25, 0.3) is 0 Å². The Bertz CT molecular complexity index is 870. The van der Waals surface area contributed by atoms with Gasteiger partial charge in [0.05, 0.1) is 9.81 Å². The van der Waals surface area contributed by atoms with Crippen LogP contribution in [-0.4, -0.2) is 15.0 Å². The van der Waals surface area contributed by atoms with Crippen LogP contribution in [0.4, 0.5) is 0 Å². The highest BCUT2D eigenvalue weighted by Crippen LogP contribution is 2.51. The Labute approximate surface area is 134 Å². The van der Waals surface area contributed by atoms with E-state index in [0.717, 1.165) is 0 Å². The molecular weight excluding hydrogens is 316 g/mol. The van der Waals surface area contributed by atoms with E-state index in [0.29, 0.717) is 25.4 Å². The normalized spacial score (nSPS) is 12.0. The number of aromatic nitrogens is 3. The van der Waals surface area contributed by atoms with Crippen LogP contribution in [0.1, 0.15) is 17.0 Å². The number of fused-ring (bicyclic) bond motifs is 1. The minimum absolute atomic E-state index is 0.00418. The lowest BCUT2D eigenvalue weighted by molar-refractivity contribution is 0.902. The van der Waals surface area contributed by atoms with Gasteiger partial charge in [0, 0.05) is 18.0 Å². The molecule has 0 radical (unpaired) electrons. The van der Waals surface area contributed by atoms with Crippen molar-refractivity contribution in [3.8, 4) is 18.2 Å². The zero-order valence-corrected chi connectivity index (χ0v) is 12.4. The van der Waals surface area contributed by atoms with Gasteiger partial charge in [-0.3, -0.25) is 4.98 Å². The number of allylic oxidation sites excluding steroid dienone is 1. The van der Waals surface area contributed by atoms with Crippen LogP contribution >= 0.6 is 23.5 Å². The first-order valence-corrected chi connectivity index (χ1v) is 7.53. The van der Waals surface area contributed by atoms with Gasteiger partial charge in [-0.15, -0.1) is 0 Å². The molecule has 22 heavy (non-hydrogen) atoms. The lowest BCUT2D eigenvalue weighted by atomic mass is 10.1. The summed E-state index contributed by atoms with van der Waals surface area (Å²) < 4.78 is 0.712. The van der Waals surface area contributed by atoms with Gasteiger partial charge < -0.3 is 0 Å².